The summed E-state index contributed by atoms with van der Waals surface area (Å²) < 4.78 is 0.809. The van der Waals surface area contributed by atoms with Crippen LogP contribution < -0.4 is 26.6 Å². The molecule has 508 valence electrons. The van der Waals surface area contributed by atoms with Crippen LogP contribution in [0.4, 0.5) is 9.59 Å². The average Bonchev–Trinajstić information content (AvgIpc) is 2.16. The van der Waals surface area contributed by atoms with Gasteiger partial charge in [-0.1, -0.05) is 217 Å². The molecular weight excluding hydrogens is 1100 g/mol. The Hall–Kier alpha value is -5.04. The van der Waals surface area contributed by atoms with Gasteiger partial charge in [0.15, 0.2) is 0 Å². The van der Waals surface area contributed by atoms with Crippen molar-refractivity contribution in [3.63, 3.8) is 0 Å². The quantitative estimate of drug-likeness (QED) is 0.00983. The lowest BCUT2D eigenvalue weighted by atomic mass is 10.1. The van der Waals surface area contributed by atoms with Crippen molar-refractivity contribution < 1.29 is 30.0 Å². The number of urea groups is 2. The van der Waals surface area contributed by atoms with Gasteiger partial charge in [-0.05, 0) is 95.0 Å². The Labute approximate surface area is 530 Å². The Morgan fingerprint density at radius 3 is 1.20 bits per heavy atom. The van der Waals surface area contributed by atoms with Crippen LogP contribution in [0.2, 0.25) is 0 Å². The summed E-state index contributed by atoms with van der Waals surface area (Å²) in [5.74, 6) is -0.312. The van der Waals surface area contributed by atoms with E-state index in [0.29, 0.717) is 45.8 Å². The minimum atomic E-state index is -0.813. The molecule has 2 heterocycles. The molecule has 2 aliphatic heterocycles. The first-order valence-corrected chi connectivity index (χ1v) is 33.4. The molecule has 0 radical (unpaired) electrons. The van der Waals surface area contributed by atoms with Crippen LogP contribution in [0.3, 0.4) is 0 Å². The normalized spacial score (nSPS) is 14.4. The zero-order valence-electron chi connectivity index (χ0n) is 55.2. The summed E-state index contributed by atoms with van der Waals surface area (Å²) in [5, 5.41) is 22.8. The monoisotopic (exact) mass is 1240 g/mol. The van der Waals surface area contributed by atoms with E-state index >= 15 is 0 Å². The van der Waals surface area contributed by atoms with Crippen LogP contribution in [-0.4, -0.2) is 154 Å². The maximum Gasteiger partial charge on any atom is 0.325 e. The fraction of sp³-hybridized carbons (Fsp3) is 0.937. The highest BCUT2D eigenvalue weighted by Crippen LogP contribution is 2.20. The lowest BCUT2D eigenvalue weighted by Crippen LogP contribution is -3.12. The fourth-order valence-corrected chi connectivity index (χ4v) is 10.4. The summed E-state index contributed by atoms with van der Waals surface area (Å²) in [4.78, 5) is 63.7. The van der Waals surface area contributed by atoms with Crippen LogP contribution in [0.1, 0.15) is 270 Å². The number of likely N-dealkylation sites (N-methyl/N-ethyl adjacent to an activating group) is 1. The number of nitrogens with zero attached hydrogens (tertiary/aromatic N) is 15. The highest BCUT2D eigenvalue weighted by atomic mass is 16.2. The Morgan fingerprint density at radius 1 is 0.460 bits per heavy atom. The summed E-state index contributed by atoms with van der Waals surface area (Å²) in [6, 6.07) is -0.594. The van der Waals surface area contributed by atoms with Crippen molar-refractivity contribution in [2.24, 2.45) is 26.2 Å². The summed E-state index contributed by atoms with van der Waals surface area (Å²) >= 11 is 0. The standard InChI is InChI=1S/C23H44N6O2.C22H42N6O2.C14H30N4.C2H6N4.2CH4.H2/c1-5-6-7-8-9-10-11-12-13-14-18-29(4,20-16-25-27-24)19-15-17-28-21(30)23(2,3)26-22(28)31;1-4-5-6-7-8-9-10-11-12-13-16-27(19-15-24-26-23)17-14-18-28-20(29)22(2,3)25-21(28)30;1-2-3-4-5-6-7-8-9-10-11-12-16-13-14-17-18-15;3-1-2-5-6-4;;;/h5-20H2,1-4H3;4-19H2,1-3H3,(H,25,30);16H,2-14H2,1H3;1-3H2;2*1H4;1H/p+2/i;;;;;;1+1. The van der Waals surface area contributed by atoms with Gasteiger partial charge >= 0.3 is 12.1 Å². The van der Waals surface area contributed by atoms with Gasteiger partial charge in [-0.3, -0.25) is 19.4 Å². The predicted molar refractivity (Wildman–Crippen MR) is 363 cm³/mol. The highest BCUT2D eigenvalue weighted by molar-refractivity contribution is 6.07. The molecule has 0 aromatic carbocycles. The van der Waals surface area contributed by atoms with E-state index in [9.17, 15) is 19.2 Å². The summed E-state index contributed by atoms with van der Waals surface area (Å²) in [6.45, 7) is 24.2. The minimum absolute atomic E-state index is 0. The van der Waals surface area contributed by atoms with E-state index < -0.39 is 11.1 Å². The van der Waals surface area contributed by atoms with Crippen molar-refractivity contribution in [2.45, 2.75) is 280 Å². The van der Waals surface area contributed by atoms with Crippen LogP contribution in [0.5, 0.6) is 0 Å². The molecule has 6 amide bonds. The third-order valence-electron chi connectivity index (χ3n) is 15.7. The van der Waals surface area contributed by atoms with Crippen LogP contribution in [0.25, 0.3) is 41.8 Å². The molecule has 0 bridgehead atoms. The molecule has 6 N–H and O–H groups in total. The molecule has 0 saturated carbocycles. The number of imide groups is 2. The van der Waals surface area contributed by atoms with E-state index in [1.165, 1.54) is 194 Å². The van der Waals surface area contributed by atoms with Crippen LogP contribution >= 0.6 is 0 Å². The maximum atomic E-state index is 12.4. The first-order valence-electron chi connectivity index (χ1n) is 33.4. The van der Waals surface area contributed by atoms with Gasteiger partial charge in [0.05, 0.1) is 59.4 Å². The zero-order chi connectivity index (χ0) is 63.6. The van der Waals surface area contributed by atoms with Gasteiger partial charge in [-0.15, -0.1) is 0 Å². The molecule has 24 heteroatoms. The average molecular weight is 1240 g/mol. The molecule has 0 aliphatic carbocycles. The van der Waals surface area contributed by atoms with Gasteiger partial charge in [-0.2, -0.15) is 0 Å². The molecule has 2 fully saturated rings. The number of carbonyl (C=O) groups excluding carboxylic acids is 4. The molecule has 2 aliphatic rings. The van der Waals surface area contributed by atoms with Crippen molar-refractivity contribution >= 4 is 23.9 Å². The Bertz CT molecular complexity index is 1910. The topological polar surface area (TPSA) is 336 Å². The Balaban J connectivity index is -0.000000378. The smallest absolute Gasteiger partial charge is 0.325 e. The van der Waals surface area contributed by atoms with Gasteiger partial charge < -0.3 is 31.1 Å². The lowest BCUT2D eigenvalue weighted by Gasteiger charge is -2.35. The van der Waals surface area contributed by atoms with Crippen LogP contribution in [-0.2, 0) is 9.59 Å². The molecule has 87 heavy (non-hydrogen) atoms. The molecule has 0 spiro atoms. The third-order valence-corrected chi connectivity index (χ3v) is 15.7. The van der Waals surface area contributed by atoms with Crippen molar-refractivity contribution in [1.29, 1.82) is 0 Å². The number of hydrogen-bond donors (Lipinski definition) is 5. The third kappa shape index (κ3) is 50.5. The minimum Gasteiger partial charge on any atom is -0.335 e. The van der Waals surface area contributed by atoms with Crippen molar-refractivity contribution in [3.05, 3.63) is 41.8 Å². The molecule has 0 aromatic heterocycles. The number of azide groups is 4. The lowest BCUT2D eigenvalue weighted by molar-refractivity contribution is -0.908. The molecule has 24 nitrogen and oxygen atoms in total. The number of rotatable bonds is 52. The number of hydrogen-bond acceptors (Lipinski definition) is 10. The number of nitrogens with two attached hydrogens (primary N) is 1. The number of unbranched alkanes of at least 4 members (excludes halogenated alkanes) is 27. The van der Waals surface area contributed by atoms with E-state index in [0.717, 1.165) is 82.5 Å². The van der Waals surface area contributed by atoms with Crippen LogP contribution in [0, 0.1) is 0 Å². The van der Waals surface area contributed by atoms with E-state index in [4.69, 9.17) is 27.9 Å². The largest absolute Gasteiger partial charge is 0.335 e. The summed E-state index contributed by atoms with van der Waals surface area (Å²) in [5.41, 5.74) is 36.2. The zero-order valence-corrected chi connectivity index (χ0v) is 55.2. The SMILES string of the molecule is C.C.CCCCCCCCCCCCNCCN=[N+]=[N-].CCCCCCCCCCCC[N+](C)(CCCN1C(=O)NC(C)(C)C1=O)CCN=[N+]=[N-].CCCCCCCCCCCC[NH+](CCCN1C(=O)NC(C)(C)C1=O)CCN=[N+]=[N-].[2HH].[N-]=[N+]=NCCN. The van der Waals surface area contributed by atoms with E-state index in [-0.39, 0.29) is 40.2 Å². The number of amides is 6. The summed E-state index contributed by atoms with van der Waals surface area (Å²) in [7, 11) is 2.19. The molecule has 2 unspecified atom stereocenters. The van der Waals surface area contributed by atoms with E-state index in [1.807, 2.05) is 0 Å². The molecule has 0 aromatic rings. The highest BCUT2D eigenvalue weighted by Gasteiger charge is 2.45. The van der Waals surface area contributed by atoms with Crippen molar-refractivity contribution in [1.82, 2.24) is 25.8 Å². The van der Waals surface area contributed by atoms with Gasteiger partial charge in [0, 0.05) is 66.6 Å². The van der Waals surface area contributed by atoms with Gasteiger partial charge in [-0.25, -0.2) is 9.59 Å². The first-order chi connectivity index (χ1) is 41.0. The summed E-state index contributed by atoms with van der Waals surface area (Å²) in [6.07, 6.45) is 41.5. The van der Waals surface area contributed by atoms with Gasteiger partial charge in [0.1, 0.15) is 11.1 Å². The number of carbonyl (C=O) groups is 4. The van der Waals surface area contributed by atoms with E-state index in [1.54, 1.807) is 27.7 Å². The first kappa shape index (κ1) is 88.4. The predicted octanol–water partition coefficient (Wildman–Crippen LogP) is 15.8. The number of quaternary nitrogens is 2. The molecule has 2 atom stereocenters. The Morgan fingerprint density at radius 2 is 0.805 bits per heavy atom. The molecular formula is C63H134N20O4+2. The van der Waals surface area contributed by atoms with Crippen LogP contribution in [0.15, 0.2) is 20.5 Å². The number of nitrogens with one attached hydrogen (secondary N) is 4. The second-order valence-electron chi connectivity index (χ2n) is 24.4. The maximum absolute atomic E-state index is 12.4. The Kier molecular flexibility index (Phi) is 62.2. The van der Waals surface area contributed by atoms with Gasteiger partial charge in [0.2, 0.25) is 0 Å². The fourth-order valence-electron chi connectivity index (χ4n) is 10.4. The second-order valence-corrected chi connectivity index (χ2v) is 24.4. The molecule has 2 rings (SSSR count). The van der Waals surface area contributed by atoms with Gasteiger partial charge in [0.25, 0.3) is 11.8 Å². The van der Waals surface area contributed by atoms with Crippen molar-refractivity contribution in [2.75, 3.05) is 105 Å². The molecule has 2 saturated heterocycles. The second kappa shape index (κ2) is 61.2. The van der Waals surface area contributed by atoms with E-state index in [2.05, 4.69) is 83.9 Å². The van der Waals surface area contributed by atoms with Crippen molar-refractivity contribution in [3.8, 4) is 0 Å².